The molecule has 1 aromatic heterocycles. The lowest BCUT2D eigenvalue weighted by atomic mass is 10.2. The van der Waals surface area contributed by atoms with Crippen LogP contribution in [0.3, 0.4) is 0 Å². The summed E-state index contributed by atoms with van der Waals surface area (Å²) in [5.74, 6) is -0.000593. The first-order chi connectivity index (χ1) is 8.67. The van der Waals surface area contributed by atoms with Crippen LogP contribution in [0.2, 0.25) is 0 Å². The van der Waals surface area contributed by atoms with Crippen molar-refractivity contribution in [1.82, 2.24) is 9.88 Å². The van der Waals surface area contributed by atoms with Gasteiger partial charge in [0.05, 0.1) is 11.6 Å². The molecule has 0 bridgehead atoms. The quantitative estimate of drug-likeness (QED) is 0.895. The minimum Gasteiger partial charge on any atom is -0.355 e. The molecule has 18 heavy (non-hydrogen) atoms. The van der Waals surface area contributed by atoms with Crippen LogP contribution in [0.1, 0.15) is 25.5 Å². The minimum atomic E-state index is -0.254. The molecule has 1 N–H and O–H groups in total. The standard InChI is InChI=1S/C14H15N3O/c1-3-16-14(18)10(2)17-7-6-12-8-11(9-15)4-5-13(12)17/h4-8,10H,3H2,1-2H3,(H,16,18). The lowest BCUT2D eigenvalue weighted by molar-refractivity contribution is -0.123. The minimum absolute atomic E-state index is 0.000593. The van der Waals surface area contributed by atoms with Crippen LogP contribution in [0.25, 0.3) is 10.9 Å². The van der Waals surface area contributed by atoms with E-state index < -0.39 is 0 Å². The summed E-state index contributed by atoms with van der Waals surface area (Å²) in [6, 6.07) is 9.26. The van der Waals surface area contributed by atoms with E-state index in [9.17, 15) is 4.79 Å². The predicted octanol–water partition coefficient (Wildman–Crippen LogP) is 2.21. The van der Waals surface area contributed by atoms with E-state index in [0.29, 0.717) is 12.1 Å². The monoisotopic (exact) mass is 241 g/mol. The number of hydrogen-bond donors (Lipinski definition) is 1. The number of nitrogens with zero attached hydrogens (tertiary/aromatic N) is 2. The fourth-order valence-corrected chi connectivity index (χ4v) is 2.02. The highest BCUT2D eigenvalue weighted by atomic mass is 16.2. The Morgan fingerprint density at radius 1 is 1.50 bits per heavy atom. The molecule has 1 aromatic carbocycles. The second-order valence-corrected chi connectivity index (χ2v) is 4.18. The summed E-state index contributed by atoms with van der Waals surface area (Å²) in [7, 11) is 0. The van der Waals surface area contributed by atoms with Crippen molar-refractivity contribution in [3.05, 3.63) is 36.0 Å². The molecule has 2 rings (SSSR count). The van der Waals surface area contributed by atoms with Crippen LogP contribution in [0.4, 0.5) is 0 Å². The average molecular weight is 241 g/mol. The number of nitrogens with one attached hydrogen (secondary N) is 1. The normalized spacial score (nSPS) is 12.1. The summed E-state index contributed by atoms with van der Waals surface area (Å²) < 4.78 is 1.92. The maximum Gasteiger partial charge on any atom is 0.242 e. The second-order valence-electron chi connectivity index (χ2n) is 4.18. The molecule has 1 atom stereocenters. The summed E-state index contributed by atoms with van der Waals surface area (Å²) >= 11 is 0. The lowest BCUT2D eigenvalue weighted by Gasteiger charge is -2.14. The van der Waals surface area contributed by atoms with Gasteiger partial charge in [0.15, 0.2) is 0 Å². The Balaban J connectivity index is 2.41. The van der Waals surface area contributed by atoms with Crippen LogP contribution in [0.5, 0.6) is 0 Å². The molecule has 1 unspecified atom stereocenters. The number of amides is 1. The van der Waals surface area contributed by atoms with E-state index in [4.69, 9.17) is 5.26 Å². The second kappa shape index (κ2) is 4.92. The van der Waals surface area contributed by atoms with Crippen LogP contribution in [0.15, 0.2) is 30.5 Å². The number of carbonyl (C=O) groups is 1. The van der Waals surface area contributed by atoms with Crippen molar-refractivity contribution in [2.75, 3.05) is 6.54 Å². The Morgan fingerprint density at radius 3 is 2.94 bits per heavy atom. The summed E-state index contributed by atoms with van der Waals surface area (Å²) in [6.07, 6.45) is 1.88. The molecule has 0 aliphatic rings. The molecule has 0 aliphatic heterocycles. The largest absolute Gasteiger partial charge is 0.355 e. The van der Waals surface area contributed by atoms with Crippen molar-refractivity contribution in [1.29, 1.82) is 5.26 Å². The van der Waals surface area contributed by atoms with Crippen LogP contribution in [-0.2, 0) is 4.79 Å². The summed E-state index contributed by atoms with van der Waals surface area (Å²) in [5.41, 5.74) is 1.60. The Morgan fingerprint density at radius 2 is 2.28 bits per heavy atom. The molecule has 0 saturated carbocycles. The molecule has 1 heterocycles. The number of nitriles is 1. The van der Waals surface area contributed by atoms with Gasteiger partial charge < -0.3 is 9.88 Å². The van der Waals surface area contributed by atoms with Gasteiger partial charge in [-0.2, -0.15) is 5.26 Å². The van der Waals surface area contributed by atoms with E-state index in [2.05, 4.69) is 11.4 Å². The van der Waals surface area contributed by atoms with Gasteiger partial charge in [0, 0.05) is 23.6 Å². The average Bonchev–Trinajstić information content (AvgIpc) is 2.80. The first kappa shape index (κ1) is 12.2. The van der Waals surface area contributed by atoms with E-state index in [1.54, 1.807) is 6.07 Å². The van der Waals surface area contributed by atoms with Crippen molar-refractivity contribution >= 4 is 16.8 Å². The first-order valence-electron chi connectivity index (χ1n) is 5.95. The molecule has 0 fully saturated rings. The predicted molar refractivity (Wildman–Crippen MR) is 70.0 cm³/mol. The van der Waals surface area contributed by atoms with Gasteiger partial charge in [0.25, 0.3) is 0 Å². The molecular formula is C14H15N3O. The van der Waals surface area contributed by atoms with Gasteiger partial charge in [-0.05, 0) is 38.1 Å². The van der Waals surface area contributed by atoms with Gasteiger partial charge in [-0.3, -0.25) is 4.79 Å². The van der Waals surface area contributed by atoms with Gasteiger partial charge in [0.1, 0.15) is 6.04 Å². The SMILES string of the molecule is CCNC(=O)C(C)n1ccc2cc(C#N)ccc21. The zero-order valence-corrected chi connectivity index (χ0v) is 10.5. The number of rotatable bonds is 3. The van der Waals surface area contributed by atoms with Gasteiger partial charge >= 0.3 is 0 Å². The van der Waals surface area contributed by atoms with Crippen molar-refractivity contribution < 1.29 is 4.79 Å². The van der Waals surface area contributed by atoms with Gasteiger partial charge in [-0.1, -0.05) is 0 Å². The van der Waals surface area contributed by atoms with E-state index in [-0.39, 0.29) is 11.9 Å². The molecule has 0 radical (unpaired) electrons. The van der Waals surface area contributed by atoms with Crippen LogP contribution >= 0.6 is 0 Å². The number of likely N-dealkylation sites (N-methyl/N-ethyl adjacent to an activating group) is 1. The maximum absolute atomic E-state index is 11.8. The van der Waals surface area contributed by atoms with E-state index >= 15 is 0 Å². The van der Waals surface area contributed by atoms with E-state index in [1.165, 1.54) is 0 Å². The Kier molecular flexibility index (Phi) is 3.33. The highest BCUT2D eigenvalue weighted by Gasteiger charge is 2.15. The first-order valence-corrected chi connectivity index (χ1v) is 5.95. The molecular weight excluding hydrogens is 226 g/mol. The molecule has 4 heteroatoms. The van der Waals surface area contributed by atoms with Gasteiger partial charge in [-0.25, -0.2) is 0 Å². The maximum atomic E-state index is 11.8. The fraction of sp³-hybridized carbons (Fsp3) is 0.286. The van der Waals surface area contributed by atoms with Crippen molar-refractivity contribution in [2.24, 2.45) is 0 Å². The van der Waals surface area contributed by atoms with E-state index in [1.807, 2.05) is 42.8 Å². The van der Waals surface area contributed by atoms with E-state index in [0.717, 1.165) is 10.9 Å². The molecule has 4 nitrogen and oxygen atoms in total. The highest BCUT2D eigenvalue weighted by Crippen LogP contribution is 2.21. The number of benzene rings is 1. The van der Waals surface area contributed by atoms with Gasteiger partial charge in [0.2, 0.25) is 5.91 Å². The topological polar surface area (TPSA) is 57.8 Å². The van der Waals surface area contributed by atoms with Gasteiger partial charge in [-0.15, -0.1) is 0 Å². The number of aromatic nitrogens is 1. The molecule has 92 valence electrons. The van der Waals surface area contributed by atoms with Crippen molar-refractivity contribution in [3.8, 4) is 6.07 Å². The zero-order valence-electron chi connectivity index (χ0n) is 10.5. The van der Waals surface area contributed by atoms with Crippen molar-refractivity contribution in [3.63, 3.8) is 0 Å². The Hall–Kier alpha value is -2.28. The fourth-order valence-electron chi connectivity index (χ4n) is 2.02. The molecule has 0 aliphatic carbocycles. The number of carbonyl (C=O) groups excluding carboxylic acids is 1. The molecule has 0 saturated heterocycles. The van der Waals surface area contributed by atoms with Crippen LogP contribution < -0.4 is 5.32 Å². The third-order valence-corrected chi connectivity index (χ3v) is 3.00. The summed E-state index contributed by atoms with van der Waals surface area (Å²) in [5, 5.41) is 12.6. The highest BCUT2D eigenvalue weighted by molar-refractivity contribution is 5.86. The summed E-state index contributed by atoms with van der Waals surface area (Å²) in [6.45, 7) is 4.39. The third-order valence-electron chi connectivity index (χ3n) is 3.00. The Bertz CT molecular complexity index is 621. The third kappa shape index (κ3) is 2.07. The molecule has 1 amide bonds. The molecule has 2 aromatic rings. The zero-order chi connectivity index (χ0) is 13.1. The Labute approximate surface area is 106 Å². The summed E-state index contributed by atoms with van der Waals surface area (Å²) in [4.78, 5) is 11.8. The number of fused-ring (bicyclic) bond motifs is 1. The van der Waals surface area contributed by atoms with Crippen molar-refractivity contribution in [2.45, 2.75) is 19.9 Å². The smallest absolute Gasteiger partial charge is 0.242 e. The van der Waals surface area contributed by atoms with Crippen LogP contribution in [0, 0.1) is 11.3 Å². The lowest BCUT2D eigenvalue weighted by Crippen LogP contribution is -2.30. The van der Waals surface area contributed by atoms with Crippen LogP contribution in [-0.4, -0.2) is 17.0 Å². The number of hydrogen-bond acceptors (Lipinski definition) is 2. The molecule has 0 spiro atoms.